The van der Waals surface area contributed by atoms with Crippen molar-refractivity contribution < 1.29 is 14.6 Å². The maximum absolute atomic E-state index is 12.7. The molecule has 0 radical (unpaired) electrons. The molecule has 5 rings (SSSR count). The second-order valence-electron chi connectivity index (χ2n) is 9.50. The summed E-state index contributed by atoms with van der Waals surface area (Å²) in [6, 6.07) is 16.9. The van der Waals surface area contributed by atoms with Gasteiger partial charge in [0, 0.05) is 18.4 Å². The molecule has 0 amide bonds. The minimum Gasteiger partial charge on any atom is -0.489 e. The van der Waals surface area contributed by atoms with Crippen LogP contribution in [0, 0.1) is 23.2 Å². The van der Waals surface area contributed by atoms with Crippen LogP contribution >= 0.6 is 0 Å². The molecule has 5 atom stereocenters. The van der Waals surface area contributed by atoms with Crippen molar-refractivity contribution in [1.29, 1.82) is 0 Å². The highest BCUT2D eigenvalue weighted by atomic mass is 16.5. The molecule has 0 bridgehead atoms. The van der Waals surface area contributed by atoms with E-state index in [2.05, 4.69) is 37.3 Å². The molecular weight excluding hydrogens is 360 g/mol. The number of rotatable bonds is 4. The fourth-order valence-electron chi connectivity index (χ4n) is 6.61. The van der Waals surface area contributed by atoms with Crippen LogP contribution in [0.5, 0.6) is 5.75 Å². The Balaban J connectivity index is 1.37. The summed E-state index contributed by atoms with van der Waals surface area (Å²) in [5.74, 6) is 2.84. The molecule has 0 heterocycles. The van der Waals surface area contributed by atoms with E-state index in [1.165, 1.54) is 16.7 Å². The van der Waals surface area contributed by atoms with Crippen LogP contribution < -0.4 is 4.74 Å². The average molecular weight is 391 g/mol. The minimum atomic E-state index is -0.217. The van der Waals surface area contributed by atoms with Gasteiger partial charge in [-0.3, -0.25) is 4.79 Å². The van der Waals surface area contributed by atoms with Gasteiger partial charge in [-0.15, -0.1) is 0 Å². The third kappa shape index (κ3) is 3.11. The summed E-state index contributed by atoms with van der Waals surface area (Å²) in [5, 5.41) is 9.94. The maximum atomic E-state index is 12.7. The number of benzene rings is 2. The molecule has 3 aliphatic rings. The molecule has 0 spiro atoms. The quantitative estimate of drug-likeness (QED) is 0.807. The van der Waals surface area contributed by atoms with E-state index in [-0.39, 0.29) is 17.9 Å². The van der Waals surface area contributed by atoms with Crippen molar-refractivity contribution in [3.63, 3.8) is 0 Å². The van der Waals surface area contributed by atoms with Crippen molar-refractivity contribution in [2.24, 2.45) is 23.2 Å². The molecule has 0 aliphatic heterocycles. The molecule has 2 aromatic rings. The third-order valence-corrected chi connectivity index (χ3v) is 8.02. The molecule has 3 aliphatic carbocycles. The molecular formula is C26H30O3. The van der Waals surface area contributed by atoms with Crippen molar-refractivity contribution in [2.75, 3.05) is 6.61 Å². The van der Waals surface area contributed by atoms with Gasteiger partial charge in [-0.2, -0.15) is 0 Å². The number of aliphatic hydroxyl groups is 1. The highest BCUT2D eigenvalue weighted by Crippen LogP contribution is 2.61. The fourth-order valence-corrected chi connectivity index (χ4v) is 6.61. The lowest BCUT2D eigenvalue weighted by Crippen LogP contribution is -2.44. The molecule has 2 fully saturated rings. The zero-order chi connectivity index (χ0) is 20.0. The number of hydrogen-bond acceptors (Lipinski definition) is 3. The smallest absolute Gasteiger partial charge is 0.139 e. The van der Waals surface area contributed by atoms with Gasteiger partial charge in [0.1, 0.15) is 18.1 Å². The van der Waals surface area contributed by atoms with E-state index in [0.29, 0.717) is 36.6 Å². The lowest BCUT2D eigenvalue weighted by molar-refractivity contribution is -0.129. The molecule has 0 unspecified atom stereocenters. The summed E-state index contributed by atoms with van der Waals surface area (Å²) in [7, 11) is 0. The Morgan fingerprint density at radius 3 is 2.76 bits per heavy atom. The van der Waals surface area contributed by atoms with Crippen LogP contribution in [0.25, 0.3) is 0 Å². The summed E-state index contributed by atoms with van der Waals surface area (Å²) in [5.41, 5.74) is 3.82. The molecule has 3 nitrogen and oxygen atoms in total. The van der Waals surface area contributed by atoms with E-state index in [1.807, 2.05) is 18.2 Å². The second-order valence-corrected chi connectivity index (χ2v) is 9.50. The fraction of sp³-hybridized carbons (Fsp3) is 0.500. The van der Waals surface area contributed by atoms with Crippen LogP contribution in [0.4, 0.5) is 0 Å². The highest BCUT2D eigenvalue weighted by Gasteiger charge is 2.58. The first-order valence-electron chi connectivity index (χ1n) is 11.0. The summed E-state index contributed by atoms with van der Waals surface area (Å²) in [6.45, 7) is 2.91. The summed E-state index contributed by atoms with van der Waals surface area (Å²) in [6.07, 6.45) is 4.76. The summed E-state index contributed by atoms with van der Waals surface area (Å²) < 4.78 is 6.05. The van der Waals surface area contributed by atoms with Crippen LogP contribution in [-0.4, -0.2) is 17.5 Å². The monoisotopic (exact) mass is 390 g/mol. The van der Waals surface area contributed by atoms with Crippen LogP contribution in [0.15, 0.2) is 48.5 Å². The van der Waals surface area contributed by atoms with E-state index in [1.54, 1.807) is 0 Å². The van der Waals surface area contributed by atoms with Crippen molar-refractivity contribution in [3.05, 3.63) is 65.2 Å². The Morgan fingerprint density at radius 2 is 1.97 bits per heavy atom. The molecule has 0 saturated heterocycles. The van der Waals surface area contributed by atoms with Gasteiger partial charge in [-0.1, -0.05) is 43.3 Å². The third-order valence-electron chi connectivity index (χ3n) is 8.02. The molecule has 3 heteroatoms. The first-order valence-corrected chi connectivity index (χ1v) is 11.0. The standard InChI is InChI=1S/C26H30O3/c1-26-12-11-22-21-10-8-20(29-16-17-5-3-2-4-6-17)13-18(21)7-9-23(22)25(26)19(15-27)14-24(26)28/h2-6,8,10,13,19,22-23,25,27H,7,9,11-12,14-16H2,1H3/t19-,22-,23-,25+,26-/m1/s1. The van der Waals surface area contributed by atoms with Gasteiger partial charge in [0.15, 0.2) is 0 Å². The Kier molecular flexibility index (Phi) is 4.74. The lowest BCUT2D eigenvalue weighted by Gasteiger charge is -2.49. The molecule has 152 valence electrons. The number of carbonyl (C=O) groups is 1. The maximum Gasteiger partial charge on any atom is 0.139 e. The van der Waals surface area contributed by atoms with E-state index < -0.39 is 0 Å². The first-order chi connectivity index (χ1) is 14.1. The topological polar surface area (TPSA) is 46.5 Å². The first kappa shape index (κ1) is 18.9. The number of Topliss-reactive ketones (excluding diaryl/α,β-unsaturated/α-hetero) is 1. The Morgan fingerprint density at radius 1 is 1.14 bits per heavy atom. The predicted octanol–water partition coefficient (Wildman–Crippen LogP) is 4.91. The number of fused-ring (bicyclic) bond motifs is 5. The van der Waals surface area contributed by atoms with Crippen LogP contribution in [0.2, 0.25) is 0 Å². The van der Waals surface area contributed by atoms with Crippen molar-refractivity contribution in [1.82, 2.24) is 0 Å². The van der Waals surface area contributed by atoms with Gasteiger partial charge < -0.3 is 9.84 Å². The number of carbonyl (C=O) groups excluding carboxylic acids is 1. The SMILES string of the molecule is C[C@]12CC[C@@H]3c4ccc(OCc5ccccc5)cc4CC[C@H]3[C@@H]1[C@@H](CO)CC2=O. The van der Waals surface area contributed by atoms with E-state index in [4.69, 9.17) is 4.74 Å². The van der Waals surface area contributed by atoms with E-state index >= 15 is 0 Å². The van der Waals surface area contributed by atoms with Crippen LogP contribution in [0.3, 0.4) is 0 Å². The van der Waals surface area contributed by atoms with Gasteiger partial charge >= 0.3 is 0 Å². The zero-order valence-corrected chi connectivity index (χ0v) is 17.1. The molecule has 0 aromatic heterocycles. The molecule has 29 heavy (non-hydrogen) atoms. The Hall–Kier alpha value is -2.13. The van der Waals surface area contributed by atoms with Gasteiger partial charge in [-0.05, 0) is 78.2 Å². The van der Waals surface area contributed by atoms with Crippen molar-refractivity contribution >= 4 is 5.78 Å². The molecule has 2 aromatic carbocycles. The lowest BCUT2D eigenvalue weighted by atomic mass is 9.54. The van der Waals surface area contributed by atoms with Gasteiger partial charge in [0.25, 0.3) is 0 Å². The summed E-state index contributed by atoms with van der Waals surface area (Å²) >= 11 is 0. The van der Waals surface area contributed by atoms with E-state index in [0.717, 1.165) is 31.4 Å². The summed E-state index contributed by atoms with van der Waals surface area (Å²) in [4.78, 5) is 12.7. The Bertz CT molecular complexity index is 905. The van der Waals surface area contributed by atoms with Crippen LogP contribution in [-0.2, 0) is 17.8 Å². The number of aryl methyl sites for hydroxylation is 1. The predicted molar refractivity (Wildman–Crippen MR) is 113 cm³/mol. The van der Waals surface area contributed by atoms with Gasteiger partial charge in [0.05, 0.1) is 0 Å². The Labute approximate surface area is 173 Å². The van der Waals surface area contributed by atoms with Crippen molar-refractivity contribution in [3.8, 4) is 5.75 Å². The average Bonchev–Trinajstić information content (AvgIpc) is 3.03. The number of aliphatic hydroxyl groups excluding tert-OH is 1. The minimum absolute atomic E-state index is 0.147. The second kappa shape index (κ2) is 7.28. The highest BCUT2D eigenvalue weighted by molar-refractivity contribution is 5.87. The zero-order valence-electron chi connectivity index (χ0n) is 17.1. The number of ketones is 1. The largest absolute Gasteiger partial charge is 0.489 e. The molecule has 2 saturated carbocycles. The van der Waals surface area contributed by atoms with E-state index in [9.17, 15) is 9.90 Å². The van der Waals surface area contributed by atoms with Crippen molar-refractivity contribution in [2.45, 2.75) is 51.6 Å². The molecule has 1 N–H and O–H groups in total. The van der Waals surface area contributed by atoms with Gasteiger partial charge in [-0.25, -0.2) is 0 Å². The normalized spacial score (nSPS) is 33.0. The van der Waals surface area contributed by atoms with Crippen LogP contribution in [0.1, 0.15) is 55.2 Å². The van der Waals surface area contributed by atoms with Gasteiger partial charge in [0.2, 0.25) is 0 Å². The number of ether oxygens (including phenoxy) is 1. The number of hydrogen-bond donors (Lipinski definition) is 1.